The van der Waals surface area contributed by atoms with Gasteiger partial charge in [-0.25, -0.2) is 0 Å². The second-order valence-corrected chi connectivity index (χ2v) is 4.18. The number of hydrogen-bond acceptors (Lipinski definition) is 2. The van der Waals surface area contributed by atoms with Crippen molar-refractivity contribution in [3.05, 3.63) is 59.9 Å². The lowest BCUT2D eigenvalue weighted by Crippen LogP contribution is -2.09. The molecule has 3 nitrogen and oxygen atoms in total. The normalized spacial score (nSPS) is 13.1. The van der Waals surface area contributed by atoms with E-state index in [0.717, 1.165) is 12.1 Å². The van der Waals surface area contributed by atoms with Crippen LogP contribution in [0.1, 0.15) is 18.1 Å². The summed E-state index contributed by atoms with van der Waals surface area (Å²) < 4.78 is 1.93. The molecule has 17 heavy (non-hydrogen) atoms. The molecule has 0 fully saturated rings. The molecule has 0 amide bonds. The number of rotatable bonds is 4. The van der Waals surface area contributed by atoms with Crippen LogP contribution in [0.15, 0.2) is 48.8 Å². The monoisotopic (exact) mass is 227 g/mol. The van der Waals surface area contributed by atoms with Crippen molar-refractivity contribution in [2.45, 2.75) is 19.5 Å². The lowest BCUT2D eigenvalue weighted by atomic mass is 10.2. The Kier molecular flexibility index (Phi) is 3.73. The Balaban J connectivity index is 2.04. The molecular formula is C14H17N3. The average Bonchev–Trinajstić information content (AvgIpc) is 2.75. The van der Waals surface area contributed by atoms with Gasteiger partial charge in [0.1, 0.15) is 0 Å². The molecule has 0 spiro atoms. The zero-order valence-electron chi connectivity index (χ0n) is 9.95. The van der Waals surface area contributed by atoms with Crippen LogP contribution < -0.4 is 5.73 Å². The third-order valence-corrected chi connectivity index (χ3v) is 2.43. The Morgan fingerprint density at radius 1 is 1.35 bits per heavy atom. The first-order valence-corrected chi connectivity index (χ1v) is 5.74. The molecule has 2 N–H and O–H groups in total. The summed E-state index contributed by atoms with van der Waals surface area (Å²) in [5.41, 5.74) is 7.99. The van der Waals surface area contributed by atoms with Crippen LogP contribution in [0.3, 0.4) is 0 Å². The maximum atomic E-state index is 5.66. The molecule has 3 heteroatoms. The average molecular weight is 227 g/mol. The van der Waals surface area contributed by atoms with Gasteiger partial charge >= 0.3 is 0 Å². The number of nitrogens with two attached hydrogens (primary N) is 1. The van der Waals surface area contributed by atoms with Crippen LogP contribution in [0.2, 0.25) is 0 Å². The summed E-state index contributed by atoms with van der Waals surface area (Å²) in [6, 6.07) is 10.4. The van der Waals surface area contributed by atoms with E-state index >= 15 is 0 Å². The van der Waals surface area contributed by atoms with Crippen LogP contribution >= 0.6 is 0 Å². The van der Waals surface area contributed by atoms with Gasteiger partial charge in [-0.1, -0.05) is 42.5 Å². The van der Waals surface area contributed by atoms with E-state index in [9.17, 15) is 0 Å². The number of nitrogens with zero attached hydrogens (tertiary/aromatic N) is 2. The van der Waals surface area contributed by atoms with Crippen LogP contribution in [-0.2, 0) is 6.54 Å². The standard InChI is InChI=1S/C14H17N3/c1-12(15)7-8-14-9-16-17(11-14)10-13-5-3-2-4-6-13/h2-9,11-12H,10,15H2,1H3/b8-7+. The molecule has 0 bridgehead atoms. The van der Waals surface area contributed by atoms with Gasteiger partial charge < -0.3 is 5.73 Å². The van der Waals surface area contributed by atoms with Gasteiger partial charge in [-0.2, -0.15) is 5.10 Å². The molecule has 0 radical (unpaired) electrons. The Hall–Kier alpha value is -1.87. The topological polar surface area (TPSA) is 43.8 Å². The number of hydrogen-bond donors (Lipinski definition) is 1. The second kappa shape index (κ2) is 5.46. The molecule has 2 rings (SSSR count). The fraction of sp³-hybridized carbons (Fsp3) is 0.214. The molecule has 88 valence electrons. The fourth-order valence-corrected chi connectivity index (χ4v) is 1.59. The first-order chi connectivity index (χ1) is 8.24. The van der Waals surface area contributed by atoms with E-state index in [1.165, 1.54) is 5.56 Å². The van der Waals surface area contributed by atoms with Gasteiger partial charge in [0.05, 0.1) is 12.7 Å². The van der Waals surface area contributed by atoms with Gasteiger partial charge in [-0.3, -0.25) is 4.68 Å². The van der Waals surface area contributed by atoms with Crippen LogP contribution in [-0.4, -0.2) is 15.8 Å². The fourth-order valence-electron chi connectivity index (χ4n) is 1.59. The Morgan fingerprint density at radius 3 is 2.82 bits per heavy atom. The molecule has 0 aliphatic rings. The van der Waals surface area contributed by atoms with E-state index in [-0.39, 0.29) is 6.04 Å². The van der Waals surface area contributed by atoms with Gasteiger partial charge in [0, 0.05) is 17.8 Å². The molecule has 1 unspecified atom stereocenters. The van der Waals surface area contributed by atoms with Crippen LogP contribution in [0.4, 0.5) is 0 Å². The molecule has 0 aliphatic carbocycles. The molecule has 0 saturated heterocycles. The minimum absolute atomic E-state index is 0.0764. The lowest BCUT2D eigenvalue weighted by molar-refractivity contribution is 0.687. The Labute approximate surface area is 102 Å². The van der Waals surface area contributed by atoms with Crippen molar-refractivity contribution in [1.82, 2.24) is 9.78 Å². The Bertz CT molecular complexity index is 483. The summed E-state index contributed by atoms with van der Waals surface area (Å²) in [4.78, 5) is 0. The van der Waals surface area contributed by atoms with Crippen molar-refractivity contribution >= 4 is 6.08 Å². The van der Waals surface area contributed by atoms with Gasteiger partial charge in [-0.05, 0) is 12.5 Å². The van der Waals surface area contributed by atoms with E-state index in [0.29, 0.717) is 0 Å². The summed E-state index contributed by atoms with van der Waals surface area (Å²) in [6.45, 7) is 2.75. The van der Waals surface area contributed by atoms with E-state index < -0.39 is 0 Å². The molecule has 1 aromatic carbocycles. The predicted octanol–water partition coefficient (Wildman–Crippen LogP) is 2.29. The smallest absolute Gasteiger partial charge is 0.0659 e. The summed E-state index contributed by atoms with van der Waals surface area (Å²) in [6.07, 6.45) is 7.83. The van der Waals surface area contributed by atoms with Crippen molar-refractivity contribution in [3.63, 3.8) is 0 Å². The van der Waals surface area contributed by atoms with E-state index in [2.05, 4.69) is 17.2 Å². The minimum Gasteiger partial charge on any atom is -0.325 e. The van der Waals surface area contributed by atoms with Gasteiger partial charge in [0.2, 0.25) is 0 Å². The lowest BCUT2D eigenvalue weighted by Gasteiger charge is -2.00. The van der Waals surface area contributed by atoms with E-state index in [4.69, 9.17) is 5.73 Å². The second-order valence-electron chi connectivity index (χ2n) is 4.18. The van der Waals surface area contributed by atoms with E-state index in [1.54, 1.807) is 0 Å². The highest BCUT2D eigenvalue weighted by Gasteiger charge is 1.97. The van der Waals surface area contributed by atoms with Crippen LogP contribution in [0.25, 0.3) is 6.08 Å². The summed E-state index contributed by atoms with van der Waals surface area (Å²) in [5, 5.41) is 4.31. The predicted molar refractivity (Wildman–Crippen MR) is 70.5 cm³/mol. The largest absolute Gasteiger partial charge is 0.325 e. The van der Waals surface area contributed by atoms with Crippen LogP contribution in [0, 0.1) is 0 Å². The number of aromatic nitrogens is 2. The highest BCUT2D eigenvalue weighted by Crippen LogP contribution is 2.05. The molecule has 1 heterocycles. The van der Waals surface area contributed by atoms with Crippen LogP contribution in [0.5, 0.6) is 0 Å². The SMILES string of the molecule is CC(N)/C=C/c1cnn(Cc2ccccc2)c1. The van der Waals surface area contributed by atoms with Crippen molar-refractivity contribution in [3.8, 4) is 0 Å². The van der Waals surface area contributed by atoms with Crippen molar-refractivity contribution in [1.29, 1.82) is 0 Å². The molecule has 0 aliphatic heterocycles. The Morgan fingerprint density at radius 2 is 2.12 bits per heavy atom. The zero-order chi connectivity index (χ0) is 12.1. The first-order valence-electron chi connectivity index (χ1n) is 5.74. The third-order valence-electron chi connectivity index (χ3n) is 2.43. The molecule has 0 saturated carbocycles. The van der Waals surface area contributed by atoms with Crippen molar-refractivity contribution in [2.24, 2.45) is 5.73 Å². The highest BCUT2D eigenvalue weighted by molar-refractivity contribution is 5.47. The van der Waals surface area contributed by atoms with Crippen molar-refractivity contribution < 1.29 is 0 Å². The maximum Gasteiger partial charge on any atom is 0.0659 e. The molecular weight excluding hydrogens is 210 g/mol. The van der Waals surface area contributed by atoms with E-state index in [1.807, 2.05) is 54.4 Å². The van der Waals surface area contributed by atoms with Gasteiger partial charge in [0.25, 0.3) is 0 Å². The summed E-state index contributed by atoms with van der Waals surface area (Å²) in [5.74, 6) is 0. The zero-order valence-corrected chi connectivity index (χ0v) is 9.95. The van der Waals surface area contributed by atoms with Gasteiger partial charge in [-0.15, -0.1) is 0 Å². The van der Waals surface area contributed by atoms with Crippen molar-refractivity contribution in [2.75, 3.05) is 0 Å². The third kappa shape index (κ3) is 3.57. The molecule has 1 aromatic heterocycles. The quantitative estimate of drug-likeness (QED) is 0.871. The summed E-state index contributed by atoms with van der Waals surface area (Å²) in [7, 11) is 0. The first kappa shape index (κ1) is 11.6. The minimum atomic E-state index is 0.0764. The molecule has 1 atom stereocenters. The molecule has 2 aromatic rings. The van der Waals surface area contributed by atoms with Gasteiger partial charge in [0.15, 0.2) is 0 Å². The number of benzene rings is 1. The maximum absolute atomic E-state index is 5.66. The summed E-state index contributed by atoms with van der Waals surface area (Å²) >= 11 is 0. The highest BCUT2D eigenvalue weighted by atomic mass is 15.3.